The van der Waals surface area contributed by atoms with Crippen molar-refractivity contribution in [3.05, 3.63) is 22.6 Å². The number of hydrogen-bond acceptors (Lipinski definition) is 3. The Morgan fingerprint density at radius 3 is 2.93 bits per heavy atom. The summed E-state index contributed by atoms with van der Waals surface area (Å²) in [6.07, 6.45) is 1.86. The molecule has 1 aliphatic heterocycles. The largest absolute Gasteiger partial charge is 0.446 e. The summed E-state index contributed by atoms with van der Waals surface area (Å²) in [6.45, 7) is 1.29. The van der Waals surface area contributed by atoms with Gasteiger partial charge in [0, 0.05) is 12.5 Å². The number of hydrogen-bond donors (Lipinski definition) is 0. The van der Waals surface area contributed by atoms with Crippen molar-refractivity contribution in [3.63, 3.8) is 0 Å². The molecule has 3 nitrogen and oxygen atoms in total. The van der Waals surface area contributed by atoms with E-state index in [1.807, 2.05) is 0 Å². The van der Waals surface area contributed by atoms with Gasteiger partial charge in [-0.2, -0.15) is 0 Å². The molecule has 0 aromatic carbocycles. The molecule has 0 N–H and O–H groups in total. The summed E-state index contributed by atoms with van der Waals surface area (Å²) in [7, 11) is 0. The van der Waals surface area contributed by atoms with Crippen LogP contribution in [0.1, 0.15) is 23.4 Å². The van der Waals surface area contributed by atoms with E-state index in [4.69, 9.17) is 9.15 Å². The van der Waals surface area contributed by atoms with Crippen molar-refractivity contribution in [2.75, 3.05) is 13.2 Å². The predicted molar refractivity (Wildman–Crippen MR) is 54.3 cm³/mol. The molecule has 0 saturated carbocycles. The first-order valence-electron chi connectivity index (χ1n) is 4.64. The number of carbonyl (C=O) groups excluding carboxylic acids is 1. The average molecular weight is 259 g/mol. The Hall–Kier alpha value is -0.610. The van der Waals surface area contributed by atoms with Crippen molar-refractivity contribution >= 4 is 21.7 Å². The van der Waals surface area contributed by atoms with Crippen molar-refractivity contribution in [2.45, 2.75) is 12.8 Å². The van der Waals surface area contributed by atoms with E-state index in [1.165, 1.54) is 0 Å². The number of ether oxygens (including phenoxy) is 1. The van der Waals surface area contributed by atoms with Gasteiger partial charge in [-0.05, 0) is 40.9 Å². The molecule has 0 aliphatic carbocycles. The van der Waals surface area contributed by atoms with E-state index in [0.29, 0.717) is 17.0 Å². The molecule has 2 heterocycles. The lowest BCUT2D eigenvalue weighted by Crippen LogP contribution is -2.24. The SMILES string of the molecule is O=C(c1ccc(Br)o1)C1CCCOC1. The molecule has 1 unspecified atom stereocenters. The van der Waals surface area contributed by atoms with Gasteiger partial charge in [0.15, 0.2) is 10.4 Å². The first kappa shape index (κ1) is 9.93. The van der Waals surface area contributed by atoms with Crippen LogP contribution in [0, 0.1) is 5.92 Å². The van der Waals surface area contributed by atoms with Crippen LogP contribution in [0.25, 0.3) is 0 Å². The topological polar surface area (TPSA) is 39.4 Å². The predicted octanol–water partition coefficient (Wildman–Crippen LogP) is 2.65. The molecule has 0 radical (unpaired) electrons. The molecule has 1 aromatic heterocycles. The Bertz CT molecular complexity index is 326. The molecule has 1 aliphatic rings. The van der Waals surface area contributed by atoms with Crippen LogP contribution in [0.2, 0.25) is 0 Å². The van der Waals surface area contributed by atoms with E-state index >= 15 is 0 Å². The summed E-state index contributed by atoms with van der Waals surface area (Å²) in [6, 6.07) is 3.43. The van der Waals surface area contributed by atoms with Crippen molar-refractivity contribution in [1.82, 2.24) is 0 Å². The van der Waals surface area contributed by atoms with E-state index in [2.05, 4.69) is 15.9 Å². The molecule has 0 bridgehead atoms. The van der Waals surface area contributed by atoms with Crippen LogP contribution in [0.15, 0.2) is 21.2 Å². The zero-order valence-electron chi connectivity index (χ0n) is 7.66. The van der Waals surface area contributed by atoms with Crippen molar-refractivity contribution < 1.29 is 13.9 Å². The molecule has 76 valence electrons. The molecule has 2 rings (SSSR count). The van der Waals surface area contributed by atoms with Crippen molar-refractivity contribution in [1.29, 1.82) is 0 Å². The highest BCUT2D eigenvalue weighted by Gasteiger charge is 2.25. The van der Waals surface area contributed by atoms with Crippen molar-refractivity contribution in [3.8, 4) is 0 Å². The van der Waals surface area contributed by atoms with E-state index in [-0.39, 0.29) is 11.7 Å². The number of halogens is 1. The maximum absolute atomic E-state index is 11.8. The summed E-state index contributed by atoms with van der Waals surface area (Å²) < 4.78 is 11.1. The standard InChI is InChI=1S/C10H11BrO3/c11-9-4-3-8(14-9)10(12)7-2-1-5-13-6-7/h3-4,7H,1-2,5-6H2. The molecule has 0 spiro atoms. The second-order valence-corrected chi connectivity index (χ2v) is 4.16. The van der Waals surface area contributed by atoms with Gasteiger partial charge < -0.3 is 9.15 Å². The van der Waals surface area contributed by atoms with Gasteiger partial charge in [-0.15, -0.1) is 0 Å². The second-order valence-electron chi connectivity index (χ2n) is 3.38. The Balaban J connectivity index is 2.07. The van der Waals surface area contributed by atoms with Crippen LogP contribution in [0.5, 0.6) is 0 Å². The Kier molecular flexibility index (Phi) is 3.03. The van der Waals surface area contributed by atoms with Gasteiger partial charge in [-0.25, -0.2) is 0 Å². The highest BCUT2D eigenvalue weighted by Crippen LogP contribution is 2.22. The average Bonchev–Trinajstić information content (AvgIpc) is 2.65. The molecule has 1 fully saturated rings. The summed E-state index contributed by atoms with van der Waals surface area (Å²) in [5.74, 6) is 0.449. The first-order chi connectivity index (χ1) is 6.77. The Labute approximate surface area is 90.6 Å². The van der Waals surface area contributed by atoms with Gasteiger partial charge in [-0.1, -0.05) is 0 Å². The highest BCUT2D eigenvalue weighted by molar-refractivity contribution is 9.10. The third-order valence-electron chi connectivity index (χ3n) is 2.35. The Morgan fingerprint density at radius 1 is 1.50 bits per heavy atom. The maximum Gasteiger partial charge on any atom is 0.203 e. The van der Waals surface area contributed by atoms with Gasteiger partial charge in [0.1, 0.15) is 0 Å². The van der Waals surface area contributed by atoms with Gasteiger partial charge in [-0.3, -0.25) is 4.79 Å². The minimum Gasteiger partial charge on any atom is -0.446 e. The van der Waals surface area contributed by atoms with Crippen LogP contribution >= 0.6 is 15.9 Å². The fraction of sp³-hybridized carbons (Fsp3) is 0.500. The number of furan rings is 1. The molecule has 0 amide bonds. The maximum atomic E-state index is 11.8. The molecule has 1 atom stereocenters. The van der Waals surface area contributed by atoms with Crippen LogP contribution < -0.4 is 0 Å². The van der Waals surface area contributed by atoms with Gasteiger partial charge >= 0.3 is 0 Å². The number of rotatable bonds is 2. The van der Waals surface area contributed by atoms with E-state index in [0.717, 1.165) is 19.4 Å². The number of Topliss-reactive ketones (excluding diaryl/α,β-unsaturated/α-hetero) is 1. The third kappa shape index (κ3) is 2.07. The quantitative estimate of drug-likeness (QED) is 0.766. The molecule has 14 heavy (non-hydrogen) atoms. The van der Waals surface area contributed by atoms with Crippen molar-refractivity contribution in [2.24, 2.45) is 5.92 Å². The van der Waals surface area contributed by atoms with Crippen LogP contribution in [-0.4, -0.2) is 19.0 Å². The summed E-state index contributed by atoms with van der Waals surface area (Å²) in [4.78, 5) is 11.8. The molecule has 1 saturated heterocycles. The lowest BCUT2D eigenvalue weighted by Gasteiger charge is -2.19. The van der Waals surface area contributed by atoms with Crippen LogP contribution in [-0.2, 0) is 4.74 Å². The van der Waals surface area contributed by atoms with E-state index in [9.17, 15) is 4.79 Å². The number of carbonyl (C=O) groups is 1. The third-order valence-corrected chi connectivity index (χ3v) is 2.77. The number of ketones is 1. The molecule has 4 heteroatoms. The fourth-order valence-electron chi connectivity index (χ4n) is 1.60. The summed E-state index contributed by atoms with van der Waals surface area (Å²) >= 11 is 3.17. The first-order valence-corrected chi connectivity index (χ1v) is 5.44. The lowest BCUT2D eigenvalue weighted by atomic mass is 9.96. The van der Waals surface area contributed by atoms with Crippen LogP contribution in [0.3, 0.4) is 0 Å². The minimum absolute atomic E-state index is 0.0261. The second kappa shape index (κ2) is 4.28. The molecule has 1 aromatic rings. The van der Waals surface area contributed by atoms with E-state index < -0.39 is 0 Å². The smallest absolute Gasteiger partial charge is 0.203 e. The fourth-order valence-corrected chi connectivity index (χ4v) is 1.90. The minimum atomic E-state index is -0.0261. The molecular formula is C10H11BrO3. The zero-order chi connectivity index (χ0) is 9.97. The lowest BCUT2D eigenvalue weighted by molar-refractivity contribution is 0.0443. The zero-order valence-corrected chi connectivity index (χ0v) is 9.25. The van der Waals surface area contributed by atoms with E-state index in [1.54, 1.807) is 12.1 Å². The molecular weight excluding hydrogens is 248 g/mol. The Morgan fingerprint density at radius 2 is 2.36 bits per heavy atom. The van der Waals surface area contributed by atoms with Gasteiger partial charge in [0.2, 0.25) is 5.78 Å². The van der Waals surface area contributed by atoms with Gasteiger partial charge in [0.05, 0.1) is 6.61 Å². The normalized spacial score (nSPS) is 22.2. The monoisotopic (exact) mass is 258 g/mol. The summed E-state index contributed by atoms with van der Waals surface area (Å²) in [5.41, 5.74) is 0. The highest BCUT2D eigenvalue weighted by atomic mass is 79.9. The van der Waals surface area contributed by atoms with Crippen LogP contribution in [0.4, 0.5) is 0 Å². The van der Waals surface area contributed by atoms with Gasteiger partial charge in [0.25, 0.3) is 0 Å². The summed E-state index contributed by atoms with van der Waals surface area (Å²) in [5, 5.41) is 0.